The highest BCUT2D eigenvalue weighted by atomic mass is 32.1. The number of phosphoric acid groups is 3. The van der Waals surface area contributed by atoms with Crippen LogP contribution in [0.5, 0.6) is 0 Å². The van der Waals surface area contributed by atoms with Crippen molar-refractivity contribution in [3.63, 3.8) is 0 Å². The van der Waals surface area contributed by atoms with Crippen molar-refractivity contribution in [3.8, 4) is 0 Å². The second-order valence-corrected chi connectivity index (χ2v) is 11.0. The molecule has 0 aromatic carbocycles. The van der Waals surface area contributed by atoms with Gasteiger partial charge in [0.1, 0.15) is 17.9 Å². The molecule has 1 saturated heterocycles. The van der Waals surface area contributed by atoms with Gasteiger partial charge < -0.3 is 35.2 Å². The van der Waals surface area contributed by atoms with E-state index in [0.717, 1.165) is 0 Å². The van der Waals surface area contributed by atoms with E-state index in [0.29, 0.717) is 0 Å². The van der Waals surface area contributed by atoms with Crippen LogP contribution in [-0.4, -0.2) is 68.3 Å². The standard InChI is InChI=1S/C10H16N5O12P3S/c11-8-5-9(13-2-12-8)15(3-14-5)10-6(16)7(31)4(25-10)1-24-29(20,21)27-30(22,23)26-28(17,18)19/h2-4,6-7,10,16,31H,1H2,(H,20,21)(H,22,23)(H2,11,12,13)(H2,17,18,19)/t4-,6+,7-,10-/m1/s1. The molecule has 2 aromatic rings. The van der Waals surface area contributed by atoms with E-state index >= 15 is 0 Å². The van der Waals surface area contributed by atoms with Gasteiger partial charge >= 0.3 is 23.5 Å². The van der Waals surface area contributed by atoms with Crippen molar-refractivity contribution in [2.75, 3.05) is 12.3 Å². The zero-order valence-electron chi connectivity index (χ0n) is 14.9. The van der Waals surface area contributed by atoms with Gasteiger partial charge in [0.2, 0.25) is 0 Å². The highest BCUT2D eigenvalue weighted by Crippen LogP contribution is 2.66. The fourth-order valence-electron chi connectivity index (χ4n) is 2.62. The first kappa shape index (κ1) is 24.7. The average Bonchev–Trinajstić information content (AvgIpc) is 3.13. The van der Waals surface area contributed by atoms with Gasteiger partial charge in [-0.05, 0) is 0 Å². The number of aliphatic hydroxyl groups is 1. The van der Waals surface area contributed by atoms with Crippen LogP contribution in [0.2, 0.25) is 0 Å². The molecule has 6 atom stereocenters. The van der Waals surface area contributed by atoms with E-state index in [4.69, 9.17) is 25.2 Å². The SMILES string of the molecule is Nc1ncnc2c1ncn2[C@@H]1O[C@H](COP(=O)(O)OP(=O)(O)OP(=O)(O)O)[C@@H](S)[C@@H]1O. The molecule has 31 heavy (non-hydrogen) atoms. The zero-order valence-corrected chi connectivity index (χ0v) is 18.5. The number of hydrogen-bond acceptors (Lipinski definition) is 13. The minimum absolute atomic E-state index is 0.0860. The molecule has 0 saturated carbocycles. The Labute approximate surface area is 178 Å². The average molecular weight is 523 g/mol. The highest BCUT2D eigenvalue weighted by molar-refractivity contribution is 7.81. The summed E-state index contributed by atoms with van der Waals surface area (Å²) in [6.07, 6.45) is -1.11. The molecule has 3 rings (SSSR count). The zero-order chi connectivity index (χ0) is 23.2. The number of aromatic nitrogens is 4. The van der Waals surface area contributed by atoms with Crippen LogP contribution < -0.4 is 5.73 Å². The highest BCUT2D eigenvalue weighted by Gasteiger charge is 2.46. The maximum Gasteiger partial charge on any atom is 0.490 e. The van der Waals surface area contributed by atoms with Crippen LogP contribution in [0.15, 0.2) is 12.7 Å². The Balaban J connectivity index is 1.69. The molecular weight excluding hydrogens is 507 g/mol. The number of imidazole rings is 1. The van der Waals surface area contributed by atoms with Gasteiger partial charge in [-0.1, -0.05) is 0 Å². The predicted molar refractivity (Wildman–Crippen MR) is 102 cm³/mol. The molecule has 21 heteroatoms. The number of phosphoric ester groups is 1. The summed E-state index contributed by atoms with van der Waals surface area (Å²) in [7, 11) is -16.5. The second kappa shape index (κ2) is 8.76. The van der Waals surface area contributed by atoms with Gasteiger partial charge in [0, 0.05) is 0 Å². The molecular formula is C10H16N5O12P3S. The lowest BCUT2D eigenvalue weighted by atomic mass is 10.2. The van der Waals surface area contributed by atoms with Crippen LogP contribution in [0, 0.1) is 0 Å². The molecule has 0 spiro atoms. The molecule has 0 aliphatic carbocycles. The van der Waals surface area contributed by atoms with Crippen LogP contribution in [-0.2, 0) is 31.6 Å². The van der Waals surface area contributed by atoms with Gasteiger partial charge in [-0.15, -0.1) is 0 Å². The number of ether oxygens (including phenoxy) is 1. The summed E-state index contributed by atoms with van der Waals surface area (Å²) < 4.78 is 52.5. The second-order valence-electron chi connectivity index (χ2n) is 6.02. The molecule has 2 aromatic heterocycles. The number of anilines is 1. The lowest BCUT2D eigenvalue weighted by molar-refractivity contribution is -0.0480. The van der Waals surface area contributed by atoms with E-state index in [9.17, 15) is 23.7 Å². The topological polar surface area (TPSA) is 259 Å². The summed E-state index contributed by atoms with van der Waals surface area (Å²) in [6, 6.07) is 0. The molecule has 1 fully saturated rings. The van der Waals surface area contributed by atoms with E-state index < -0.39 is 53.8 Å². The lowest BCUT2D eigenvalue weighted by Crippen LogP contribution is -2.29. The largest absolute Gasteiger partial charge is 0.490 e. The van der Waals surface area contributed by atoms with Gasteiger partial charge in [0.15, 0.2) is 17.7 Å². The third-order valence-corrected chi connectivity index (χ3v) is 8.26. The van der Waals surface area contributed by atoms with Crippen molar-refractivity contribution in [1.82, 2.24) is 19.5 Å². The van der Waals surface area contributed by atoms with Crippen molar-refractivity contribution >= 4 is 53.1 Å². The number of aliphatic hydroxyl groups excluding tert-OH is 1. The van der Waals surface area contributed by atoms with E-state index in [1.54, 1.807) is 0 Å². The number of fused-ring (bicyclic) bond motifs is 1. The molecule has 17 nitrogen and oxygen atoms in total. The number of nitrogens with zero attached hydrogens (tertiary/aromatic N) is 4. The normalized spacial score (nSPS) is 28.5. The van der Waals surface area contributed by atoms with E-state index in [-0.39, 0.29) is 17.0 Å². The lowest BCUT2D eigenvalue weighted by Gasteiger charge is -2.19. The Morgan fingerprint density at radius 3 is 2.45 bits per heavy atom. The quantitative estimate of drug-likeness (QED) is 0.167. The summed E-state index contributed by atoms with van der Waals surface area (Å²) in [5.41, 5.74) is 6.17. The van der Waals surface area contributed by atoms with E-state index in [1.807, 2.05) is 0 Å². The first-order valence-electron chi connectivity index (χ1n) is 7.92. The minimum Gasteiger partial charge on any atom is -0.387 e. The first-order chi connectivity index (χ1) is 14.2. The molecule has 1 aliphatic rings. The van der Waals surface area contributed by atoms with Gasteiger partial charge in [-0.3, -0.25) is 9.09 Å². The molecule has 0 bridgehead atoms. The third-order valence-electron chi connectivity index (χ3n) is 3.82. The molecule has 7 N–H and O–H groups in total. The van der Waals surface area contributed by atoms with E-state index in [1.165, 1.54) is 17.2 Å². The fraction of sp³-hybridized carbons (Fsp3) is 0.500. The van der Waals surface area contributed by atoms with Crippen LogP contribution in [0.25, 0.3) is 11.2 Å². The van der Waals surface area contributed by atoms with Crippen molar-refractivity contribution in [2.45, 2.75) is 23.7 Å². The molecule has 2 unspecified atom stereocenters. The van der Waals surface area contributed by atoms with E-state index in [2.05, 4.69) is 40.7 Å². The monoisotopic (exact) mass is 523 g/mol. The fourth-order valence-corrected chi connectivity index (χ4v) is 5.96. The summed E-state index contributed by atoms with van der Waals surface area (Å²) in [6.45, 7) is -0.783. The maximum atomic E-state index is 11.8. The van der Waals surface area contributed by atoms with Gasteiger partial charge in [-0.2, -0.15) is 21.3 Å². The predicted octanol–water partition coefficient (Wildman–Crippen LogP) is -0.692. The van der Waals surface area contributed by atoms with Crippen LogP contribution in [0.1, 0.15) is 6.23 Å². The van der Waals surface area contributed by atoms with Crippen molar-refractivity contribution in [3.05, 3.63) is 12.7 Å². The summed E-state index contributed by atoms with van der Waals surface area (Å²) in [5.74, 6) is 0.0860. The Morgan fingerprint density at radius 2 is 1.81 bits per heavy atom. The number of hydrogen-bond donors (Lipinski definition) is 7. The third kappa shape index (κ3) is 5.89. The molecule has 0 radical (unpaired) electrons. The molecule has 0 amide bonds. The van der Waals surface area contributed by atoms with Gasteiger partial charge in [-0.25, -0.2) is 28.6 Å². The van der Waals surface area contributed by atoms with Crippen molar-refractivity contribution in [2.24, 2.45) is 0 Å². The number of nitrogen functional groups attached to an aromatic ring is 1. The summed E-state index contributed by atoms with van der Waals surface area (Å²) >= 11 is 4.17. The Kier molecular flexibility index (Phi) is 6.97. The molecule has 174 valence electrons. The minimum atomic E-state index is -5.66. The van der Waals surface area contributed by atoms with Crippen molar-refractivity contribution < 1.29 is 56.3 Å². The maximum absolute atomic E-state index is 11.8. The summed E-state index contributed by atoms with van der Waals surface area (Å²) in [5, 5.41) is 9.46. The van der Waals surface area contributed by atoms with Crippen LogP contribution >= 0.6 is 36.1 Å². The van der Waals surface area contributed by atoms with Gasteiger partial charge in [0.05, 0.1) is 24.3 Å². The number of rotatable bonds is 8. The van der Waals surface area contributed by atoms with Gasteiger partial charge in [0.25, 0.3) is 0 Å². The Bertz CT molecular complexity index is 1110. The molecule has 3 heterocycles. The Morgan fingerprint density at radius 1 is 1.13 bits per heavy atom. The summed E-state index contributed by atoms with van der Waals surface area (Å²) in [4.78, 5) is 47.5. The smallest absolute Gasteiger partial charge is 0.387 e. The molecule has 1 aliphatic heterocycles. The number of nitrogens with two attached hydrogens (primary N) is 1. The Hall–Kier alpha value is -0.970. The van der Waals surface area contributed by atoms with Crippen LogP contribution in [0.3, 0.4) is 0 Å². The first-order valence-corrected chi connectivity index (χ1v) is 13.0. The van der Waals surface area contributed by atoms with Crippen molar-refractivity contribution in [1.29, 1.82) is 0 Å². The number of thiol groups is 1. The van der Waals surface area contributed by atoms with Crippen LogP contribution in [0.4, 0.5) is 5.82 Å².